The second-order valence-corrected chi connectivity index (χ2v) is 6.49. The van der Waals surface area contributed by atoms with Crippen molar-refractivity contribution in [3.63, 3.8) is 0 Å². The SMILES string of the molecule is CCN(CC)C(=O)CSc1nc2ccccc2c(=O)n1CCC(=O)OC. The van der Waals surface area contributed by atoms with Gasteiger partial charge in [-0.1, -0.05) is 23.9 Å². The fraction of sp³-hybridized carbons (Fsp3) is 0.444. The summed E-state index contributed by atoms with van der Waals surface area (Å²) in [5, 5.41) is 0.912. The molecule has 0 N–H and O–H groups in total. The van der Waals surface area contributed by atoms with Crippen LogP contribution in [0.4, 0.5) is 0 Å². The van der Waals surface area contributed by atoms with Gasteiger partial charge in [0.15, 0.2) is 5.16 Å². The van der Waals surface area contributed by atoms with Crippen molar-refractivity contribution in [1.82, 2.24) is 14.5 Å². The van der Waals surface area contributed by atoms with Crippen LogP contribution in [0.15, 0.2) is 34.2 Å². The highest BCUT2D eigenvalue weighted by atomic mass is 32.2. The Morgan fingerprint density at radius 1 is 1.23 bits per heavy atom. The molecule has 0 saturated heterocycles. The number of benzene rings is 1. The first-order chi connectivity index (χ1) is 12.5. The summed E-state index contributed by atoms with van der Waals surface area (Å²) in [7, 11) is 1.31. The molecular formula is C18H23N3O4S. The minimum atomic E-state index is -0.403. The summed E-state index contributed by atoms with van der Waals surface area (Å²) in [4.78, 5) is 42.8. The maximum absolute atomic E-state index is 12.8. The molecule has 0 radical (unpaired) electrons. The van der Waals surface area contributed by atoms with Crippen LogP contribution in [-0.2, 0) is 20.9 Å². The molecule has 0 unspecified atom stereocenters. The summed E-state index contributed by atoms with van der Waals surface area (Å²) in [6, 6.07) is 7.04. The maximum Gasteiger partial charge on any atom is 0.307 e. The number of carbonyl (C=O) groups is 2. The Labute approximate surface area is 156 Å². The van der Waals surface area contributed by atoms with Crippen LogP contribution in [0.3, 0.4) is 0 Å². The van der Waals surface area contributed by atoms with Gasteiger partial charge in [-0.05, 0) is 26.0 Å². The van der Waals surface area contributed by atoms with Gasteiger partial charge in [0.25, 0.3) is 5.56 Å². The van der Waals surface area contributed by atoms with E-state index >= 15 is 0 Å². The van der Waals surface area contributed by atoms with Gasteiger partial charge in [0.2, 0.25) is 5.91 Å². The van der Waals surface area contributed by atoms with E-state index in [0.29, 0.717) is 29.1 Å². The number of rotatable bonds is 8. The highest BCUT2D eigenvalue weighted by Crippen LogP contribution is 2.18. The third-order valence-corrected chi connectivity index (χ3v) is 5.00. The zero-order valence-corrected chi connectivity index (χ0v) is 16.0. The topological polar surface area (TPSA) is 81.5 Å². The number of methoxy groups -OCH3 is 1. The van der Waals surface area contributed by atoms with E-state index < -0.39 is 5.97 Å². The van der Waals surface area contributed by atoms with Gasteiger partial charge < -0.3 is 9.64 Å². The third kappa shape index (κ3) is 4.63. The first kappa shape index (κ1) is 20.0. The molecule has 0 spiro atoms. The van der Waals surface area contributed by atoms with Crippen molar-refractivity contribution in [3.05, 3.63) is 34.6 Å². The van der Waals surface area contributed by atoms with Crippen LogP contribution >= 0.6 is 11.8 Å². The lowest BCUT2D eigenvalue weighted by atomic mass is 10.2. The van der Waals surface area contributed by atoms with Crippen molar-refractivity contribution in [3.8, 4) is 0 Å². The van der Waals surface area contributed by atoms with Gasteiger partial charge >= 0.3 is 5.97 Å². The van der Waals surface area contributed by atoms with Gasteiger partial charge in [-0.15, -0.1) is 0 Å². The van der Waals surface area contributed by atoms with Crippen LogP contribution in [0.25, 0.3) is 10.9 Å². The van der Waals surface area contributed by atoms with Gasteiger partial charge in [-0.2, -0.15) is 0 Å². The van der Waals surface area contributed by atoms with E-state index in [1.165, 1.54) is 23.4 Å². The Morgan fingerprint density at radius 2 is 1.92 bits per heavy atom. The minimum absolute atomic E-state index is 0.0121. The minimum Gasteiger partial charge on any atom is -0.469 e. The Bertz CT molecular complexity index is 846. The highest BCUT2D eigenvalue weighted by molar-refractivity contribution is 7.99. The number of para-hydroxylation sites is 1. The second-order valence-electron chi connectivity index (χ2n) is 5.55. The zero-order valence-electron chi connectivity index (χ0n) is 15.2. The lowest BCUT2D eigenvalue weighted by Crippen LogP contribution is -2.32. The number of hydrogen-bond donors (Lipinski definition) is 0. The number of nitrogens with zero attached hydrogens (tertiary/aromatic N) is 3. The molecule has 0 fully saturated rings. The van der Waals surface area contributed by atoms with Gasteiger partial charge in [-0.3, -0.25) is 19.0 Å². The zero-order chi connectivity index (χ0) is 19.1. The molecule has 0 saturated carbocycles. The van der Waals surface area contributed by atoms with Gasteiger partial charge in [-0.25, -0.2) is 4.98 Å². The molecule has 0 bridgehead atoms. The number of carbonyl (C=O) groups excluding carboxylic acids is 2. The smallest absolute Gasteiger partial charge is 0.307 e. The van der Waals surface area contributed by atoms with Crippen molar-refractivity contribution in [1.29, 1.82) is 0 Å². The molecule has 26 heavy (non-hydrogen) atoms. The molecule has 8 heteroatoms. The number of aromatic nitrogens is 2. The van der Waals surface area contributed by atoms with Crippen LogP contribution in [-0.4, -0.2) is 52.3 Å². The average Bonchev–Trinajstić information content (AvgIpc) is 2.66. The molecule has 1 aromatic heterocycles. The van der Waals surface area contributed by atoms with Crippen molar-refractivity contribution >= 4 is 34.5 Å². The third-order valence-electron chi connectivity index (χ3n) is 4.03. The van der Waals surface area contributed by atoms with Crippen LogP contribution in [0.5, 0.6) is 0 Å². The molecule has 1 amide bonds. The van der Waals surface area contributed by atoms with Crippen LogP contribution in [0.2, 0.25) is 0 Å². The quantitative estimate of drug-likeness (QED) is 0.397. The summed E-state index contributed by atoms with van der Waals surface area (Å²) in [5.41, 5.74) is 0.349. The van der Waals surface area contributed by atoms with Crippen LogP contribution in [0, 0.1) is 0 Å². The number of fused-ring (bicyclic) bond motifs is 1. The molecule has 2 rings (SSSR count). The van der Waals surface area contributed by atoms with Gasteiger partial charge in [0.05, 0.1) is 30.2 Å². The van der Waals surface area contributed by atoms with E-state index in [1.54, 1.807) is 23.1 Å². The summed E-state index contributed by atoms with van der Waals surface area (Å²) in [6.45, 7) is 5.27. The van der Waals surface area contributed by atoms with Crippen molar-refractivity contribution in [2.75, 3.05) is 26.0 Å². The van der Waals surface area contributed by atoms with E-state index in [4.69, 9.17) is 0 Å². The average molecular weight is 377 g/mol. The van der Waals surface area contributed by atoms with E-state index in [0.717, 1.165) is 0 Å². The predicted molar refractivity (Wildman–Crippen MR) is 101 cm³/mol. The number of thioether (sulfide) groups is 1. The van der Waals surface area contributed by atoms with Crippen LogP contribution < -0.4 is 5.56 Å². The first-order valence-corrected chi connectivity index (χ1v) is 9.47. The molecule has 0 atom stereocenters. The first-order valence-electron chi connectivity index (χ1n) is 8.48. The molecule has 0 aliphatic carbocycles. The normalized spacial score (nSPS) is 10.7. The lowest BCUT2D eigenvalue weighted by Gasteiger charge is -2.18. The Kier molecular flexibility index (Phi) is 7.20. The monoisotopic (exact) mass is 377 g/mol. The van der Waals surface area contributed by atoms with Crippen molar-refractivity contribution in [2.45, 2.75) is 32.0 Å². The number of esters is 1. The number of amides is 1. The Hall–Kier alpha value is -2.35. The molecule has 0 aliphatic heterocycles. The van der Waals surface area contributed by atoms with E-state index in [2.05, 4.69) is 9.72 Å². The van der Waals surface area contributed by atoms with E-state index in [-0.39, 0.29) is 30.2 Å². The van der Waals surface area contributed by atoms with Crippen LogP contribution in [0.1, 0.15) is 20.3 Å². The summed E-state index contributed by atoms with van der Waals surface area (Å²) >= 11 is 1.21. The number of ether oxygens (including phenoxy) is 1. The highest BCUT2D eigenvalue weighted by Gasteiger charge is 2.16. The largest absolute Gasteiger partial charge is 0.469 e. The summed E-state index contributed by atoms with van der Waals surface area (Å²) < 4.78 is 6.10. The Balaban J connectivity index is 2.34. The molecule has 140 valence electrons. The predicted octanol–water partition coefficient (Wildman–Crippen LogP) is 1.92. The second kappa shape index (κ2) is 9.38. The van der Waals surface area contributed by atoms with Gasteiger partial charge in [0.1, 0.15) is 0 Å². The van der Waals surface area contributed by atoms with Crippen molar-refractivity contribution < 1.29 is 14.3 Å². The molecule has 1 heterocycles. The standard InChI is InChI=1S/C18H23N3O4S/c1-4-20(5-2)15(22)12-26-18-19-14-9-7-6-8-13(14)17(24)21(18)11-10-16(23)25-3/h6-9H,4-5,10-12H2,1-3H3. The molecule has 2 aromatic rings. The lowest BCUT2D eigenvalue weighted by molar-refractivity contribution is -0.140. The molecule has 7 nitrogen and oxygen atoms in total. The fourth-order valence-corrected chi connectivity index (χ4v) is 3.48. The molecule has 1 aromatic carbocycles. The van der Waals surface area contributed by atoms with E-state index in [1.807, 2.05) is 19.9 Å². The molecule has 0 aliphatic rings. The van der Waals surface area contributed by atoms with Crippen molar-refractivity contribution in [2.24, 2.45) is 0 Å². The maximum atomic E-state index is 12.8. The van der Waals surface area contributed by atoms with E-state index in [9.17, 15) is 14.4 Å². The van der Waals surface area contributed by atoms with Gasteiger partial charge in [0, 0.05) is 19.6 Å². The number of hydrogen-bond acceptors (Lipinski definition) is 6. The fourth-order valence-electron chi connectivity index (χ4n) is 2.55. The Morgan fingerprint density at radius 3 is 2.58 bits per heavy atom. The summed E-state index contributed by atoms with van der Waals surface area (Å²) in [5.74, 6) is -0.229. The summed E-state index contributed by atoms with van der Waals surface area (Å²) in [6.07, 6.45) is 0.0635. The molecular weight excluding hydrogens is 354 g/mol.